The quantitative estimate of drug-likeness (QED) is 0.436. The zero-order valence-corrected chi connectivity index (χ0v) is 17.6. The van der Waals surface area contributed by atoms with Crippen LogP contribution in [0.1, 0.15) is 15.9 Å². The molecule has 3 aromatic rings. The van der Waals surface area contributed by atoms with E-state index in [1.807, 2.05) is 16.7 Å². The molecule has 1 aromatic heterocycles. The van der Waals surface area contributed by atoms with Gasteiger partial charge in [0.2, 0.25) is 5.95 Å². The van der Waals surface area contributed by atoms with Crippen molar-refractivity contribution < 1.29 is 9.53 Å². The molecular weight excluding hydrogens is 408 g/mol. The van der Waals surface area contributed by atoms with E-state index in [2.05, 4.69) is 34.2 Å². The molecule has 0 N–H and O–H groups in total. The van der Waals surface area contributed by atoms with E-state index in [0.717, 1.165) is 24.7 Å². The number of carbonyl (C=O) groups is 1. The molecule has 0 saturated carbocycles. The first-order chi connectivity index (χ1) is 14.1. The molecule has 1 aliphatic rings. The van der Waals surface area contributed by atoms with Gasteiger partial charge in [0.15, 0.2) is 10.9 Å². The minimum absolute atomic E-state index is 0.0260. The predicted molar refractivity (Wildman–Crippen MR) is 116 cm³/mol. The van der Waals surface area contributed by atoms with Crippen molar-refractivity contribution in [1.82, 2.24) is 14.8 Å². The lowest BCUT2D eigenvalue weighted by Crippen LogP contribution is -2.37. The number of halogens is 1. The SMILES string of the molecule is Cc1ccc(-n2c(SCC(=O)c3ccc(Cl)cc3)nnc2N2CCOCC2)cc1. The first-order valence-electron chi connectivity index (χ1n) is 9.38. The highest BCUT2D eigenvalue weighted by molar-refractivity contribution is 7.99. The van der Waals surface area contributed by atoms with E-state index in [1.54, 1.807) is 24.3 Å². The molecule has 150 valence electrons. The number of ether oxygens (including phenoxy) is 1. The second-order valence-electron chi connectivity index (χ2n) is 6.77. The fraction of sp³-hybridized carbons (Fsp3) is 0.286. The monoisotopic (exact) mass is 428 g/mol. The molecule has 0 amide bonds. The fourth-order valence-corrected chi connectivity index (χ4v) is 4.06. The summed E-state index contributed by atoms with van der Waals surface area (Å²) in [6, 6.07) is 15.2. The number of morpholine rings is 1. The van der Waals surface area contributed by atoms with Gasteiger partial charge in [-0.05, 0) is 43.3 Å². The van der Waals surface area contributed by atoms with Gasteiger partial charge in [-0.3, -0.25) is 9.36 Å². The number of anilines is 1. The van der Waals surface area contributed by atoms with Gasteiger partial charge in [-0.1, -0.05) is 41.1 Å². The van der Waals surface area contributed by atoms with Crippen LogP contribution in [-0.4, -0.2) is 52.6 Å². The molecule has 0 atom stereocenters. The topological polar surface area (TPSA) is 60.2 Å². The van der Waals surface area contributed by atoms with Gasteiger partial charge in [-0.2, -0.15) is 0 Å². The average Bonchev–Trinajstić information content (AvgIpc) is 3.17. The number of aryl methyl sites for hydroxylation is 1. The number of rotatable bonds is 6. The van der Waals surface area contributed by atoms with E-state index in [-0.39, 0.29) is 11.5 Å². The lowest BCUT2D eigenvalue weighted by Gasteiger charge is -2.27. The van der Waals surface area contributed by atoms with E-state index in [1.165, 1.54) is 17.3 Å². The molecule has 6 nitrogen and oxygen atoms in total. The number of hydrogen-bond donors (Lipinski definition) is 0. The molecule has 8 heteroatoms. The minimum atomic E-state index is 0.0260. The average molecular weight is 429 g/mol. The summed E-state index contributed by atoms with van der Waals surface area (Å²) in [7, 11) is 0. The Morgan fingerprint density at radius 2 is 1.76 bits per heavy atom. The second-order valence-corrected chi connectivity index (χ2v) is 8.15. The Labute approximate surface area is 178 Å². The van der Waals surface area contributed by atoms with Gasteiger partial charge in [0.25, 0.3) is 0 Å². The lowest BCUT2D eigenvalue weighted by molar-refractivity contribution is 0.102. The standard InChI is InChI=1S/C21H21ClN4O2S/c1-15-2-8-18(9-3-15)26-20(25-10-12-28-13-11-25)23-24-21(26)29-14-19(27)16-4-6-17(22)7-5-16/h2-9H,10-14H2,1H3. The smallest absolute Gasteiger partial charge is 0.232 e. The molecule has 0 spiro atoms. The number of aromatic nitrogens is 3. The Morgan fingerprint density at radius 1 is 1.07 bits per heavy atom. The second kappa shape index (κ2) is 8.98. The predicted octanol–water partition coefficient (Wildman–Crippen LogP) is 4.04. The maximum Gasteiger partial charge on any atom is 0.232 e. The van der Waals surface area contributed by atoms with Crippen molar-refractivity contribution in [3.63, 3.8) is 0 Å². The van der Waals surface area contributed by atoms with E-state index < -0.39 is 0 Å². The molecule has 29 heavy (non-hydrogen) atoms. The Balaban J connectivity index is 1.60. The number of hydrogen-bond acceptors (Lipinski definition) is 6. The molecule has 1 fully saturated rings. The molecule has 0 bridgehead atoms. The van der Waals surface area contributed by atoms with Gasteiger partial charge in [-0.15, -0.1) is 10.2 Å². The van der Waals surface area contributed by atoms with Gasteiger partial charge in [0, 0.05) is 23.7 Å². The van der Waals surface area contributed by atoms with E-state index in [9.17, 15) is 4.79 Å². The molecular formula is C21H21ClN4O2S. The van der Waals surface area contributed by atoms with Crippen LogP contribution in [0.5, 0.6) is 0 Å². The Bertz CT molecular complexity index is 983. The first kappa shape index (κ1) is 19.9. The normalized spacial score (nSPS) is 14.2. The lowest BCUT2D eigenvalue weighted by atomic mass is 10.1. The number of carbonyl (C=O) groups excluding carboxylic acids is 1. The van der Waals surface area contributed by atoms with Crippen molar-refractivity contribution in [2.24, 2.45) is 0 Å². The number of nitrogens with zero attached hydrogens (tertiary/aromatic N) is 4. The van der Waals surface area contributed by atoms with Crippen molar-refractivity contribution in [3.8, 4) is 5.69 Å². The molecule has 0 aliphatic carbocycles. The Morgan fingerprint density at radius 3 is 2.45 bits per heavy atom. The van der Waals surface area contributed by atoms with E-state index in [4.69, 9.17) is 16.3 Å². The van der Waals surface area contributed by atoms with Crippen LogP contribution in [0, 0.1) is 6.92 Å². The summed E-state index contributed by atoms with van der Waals surface area (Å²) in [4.78, 5) is 14.8. The molecule has 2 heterocycles. The van der Waals surface area contributed by atoms with Gasteiger partial charge in [-0.25, -0.2) is 0 Å². The summed E-state index contributed by atoms with van der Waals surface area (Å²) < 4.78 is 7.49. The summed E-state index contributed by atoms with van der Waals surface area (Å²) in [6.07, 6.45) is 0. The Hall–Kier alpha value is -2.35. The molecule has 2 aromatic carbocycles. The van der Waals surface area contributed by atoms with Crippen molar-refractivity contribution in [3.05, 3.63) is 64.7 Å². The van der Waals surface area contributed by atoms with Gasteiger partial charge in [0.1, 0.15) is 0 Å². The summed E-state index contributed by atoms with van der Waals surface area (Å²) in [5.74, 6) is 1.08. The Kier molecular flexibility index (Phi) is 6.18. The third-order valence-electron chi connectivity index (χ3n) is 4.70. The number of benzene rings is 2. The van der Waals surface area contributed by atoms with Crippen LogP contribution in [0.4, 0.5) is 5.95 Å². The largest absolute Gasteiger partial charge is 0.378 e. The van der Waals surface area contributed by atoms with Crippen LogP contribution < -0.4 is 4.90 Å². The summed E-state index contributed by atoms with van der Waals surface area (Å²) in [6.45, 7) is 4.91. The molecule has 1 aliphatic heterocycles. The third-order valence-corrected chi connectivity index (χ3v) is 5.88. The maximum atomic E-state index is 12.6. The van der Waals surface area contributed by atoms with Crippen LogP contribution >= 0.6 is 23.4 Å². The minimum Gasteiger partial charge on any atom is -0.378 e. The van der Waals surface area contributed by atoms with Crippen LogP contribution in [0.25, 0.3) is 5.69 Å². The highest BCUT2D eigenvalue weighted by atomic mass is 35.5. The molecule has 4 rings (SSSR count). The van der Waals surface area contributed by atoms with E-state index >= 15 is 0 Å². The maximum absolute atomic E-state index is 12.6. The van der Waals surface area contributed by atoms with Crippen LogP contribution in [0.15, 0.2) is 53.7 Å². The molecule has 1 saturated heterocycles. The molecule has 0 unspecified atom stereocenters. The van der Waals surface area contributed by atoms with Crippen molar-refractivity contribution in [2.45, 2.75) is 12.1 Å². The summed E-state index contributed by atoms with van der Waals surface area (Å²) in [5.41, 5.74) is 2.79. The highest BCUT2D eigenvalue weighted by Gasteiger charge is 2.22. The fourth-order valence-electron chi connectivity index (χ4n) is 3.09. The van der Waals surface area contributed by atoms with Gasteiger partial charge >= 0.3 is 0 Å². The summed E-state index contributed by atoms with van der Waals surface area (Å²) in [5, 5.41) is 10.1. The third kappa shape index (κ3) is 4.63. The van der Waals surface area contributed by atoms with Crippen LogP contribution in [0.2, 0.25) is 5.02 Å². The van der Waals surface area contributed by atoms with Crippen molar-refractivity contribution in [1.29, 1.82) is 0 Å². The zero-order valence-electron chi connectivity index (χ0n) is 16.0. The van der Waals surface area contributed by atoms with Gasteiger partial charge in [0.05, 0.1) is 24.7 Å². The summed E-state index contributed by atoms with van der Waals surface area (Å²) >= 11 is 7.30. The molecule has 0 radical (unpaired) electrons. The van der Waals surface area contributed by atoms with E-state index in [0.29, 0.717) is 29.0 Å². The number of Topliss-reactive ketones (excluding diaryl/α,β-unsaturated/α-hetero) is 1. The van der Waals surface area contributed by atoms with Gasteiger partial charge < -0.3 is 9.64 Å². The van der Waals surface area contributed by atoms with Crippen LogP contribution in [0.3, 0.4) is 0 Å². The zero-order chi connectivity index (χ0) is 20.2. The highest BCUT2D eigenvalue weighted by Crippen LogP contribution is 2.28. The number of ketones is 1. The van der Waals surface area contributed by atoms with Crippen molar-refractivity contribution >= 4 is 35.1 Å². The first-order valence-corrected chi connectivity index (χ1v) is 10.7. The van der Waals surface area contributed by atoms with Crippen molar-refractivity contribution in [2.75, 3.05) is 37.0 Å². The number of thioether (sulfide) groups is 1. The van der Waals surface area contributed by atoms with Crippen LogP contribution in [-0.2, 0) is 4.74 Å².